The van der Waals surface area contributed by atoms with Crippen molar-refractivity contribution >= 4 is 23.2 Å². The summed E-state index contributed by atoms with van der Waals surface area (Å²) < 4.78 is 10.7. The van der Waals surface area contributed by atoms with E-state index in [2.05, 4.69) is 19.1 Å². The van der Waals surface area contributed by atoms with E-state index in [1.165, 1.54) is 11.1 Å². The van der Waals surface area contributed by atoms with E-state index in [1.807, 2.05) is 17.0 Å². The lowest BCUT2D eigenvalue weighted by Gasteiger charge is -2.33. The topological polar surface area (TPSA) is 66.9 Å². The van der Waals surface area contributed by atoms with Crippen LogP contribution in [0.1, 0.15) is 38.9 Å². The van der Waals surface area contributed by atoms with Crippen molar-refractivity contribution in [3.8, 4) is 0 Å². The van der Waals surface area contributed by atoms with Crippen molar-refractivity contribution in [1.82, 2.24) is 9.80 Å². The molecule has 4 heterocycles. The monoisotopic (exact) mass is 412 g/mol. The van der Waals surface area contributed by atoms with Gasteiger partial charge in [-0.2, -0.15) is 0 Å². The number of rotatable bonds is 6. The van der Waals surface area contributed by atoms with Crippen LogP contribution in [0.2, 0.25) is 0 Å². The molecule has 0 bridgehead atoms. The maximum atomic E-state index is 13.3. The van der Waals surface area contributed by atoms with Gasteiger partial charge in [-0.15, -0.1) is 11.3 Å². The van der Waals surface area contributed by atoms with Crippen molar-refractivity contribution in [3.05, 3.63) is 70.2 Å². The molecule has 1 saturated heterocycles. The van der Waals surface area contributed by atoms with E-state index >= 15 is 0 Å². The van der Waals surface area contributed by atoms with Gasteiger partial charge in [-0.1, -0.05) is 0 Å². The molecule has 1 aliphatic heterocycles. The molecule has 3 aromatic heterocycles. The Bertz CT molecular complexity index is 938. The van der Waals surface area contributed by atoms with Gasteiger partial charge in [0.2, 0.25) is 5.91 Å². The summed E-state index contributed by atoms with van der Waals surface area (Å²) in [6.07, 6.45) is 4.45. The fourth-order valence-electron chi connectivity index (χ4n) is 3.70. The lowest BCUT2D eigenvalue weighted by Crippen LogP contribution is -2.44. The summed E-state index contributed by atoms with van der Waals surface area (Å²) in [6.45, 7) is 4.21. The van der Waals surface area contributed by atoms with Gasteiger partial charge in [0, 0.05) is 28.8 Å². The minimum Gasteiger partial charge on any atom is -0.467 e. The highest BCUT2D eigenvalue weighted by Gasteiger charge is 2.31. The Balaban J connectivity index is 1.41. The Morgan fingerprint density at radius 2 is 1.83 bits per heavy atom. The first-order chi connectivity index (χ1) is 14.1. The normalized spacial score (nSPS) is 14.9. The predicted octanol–water partition coefficient (Wildman–Crippen LogP) is 4.32. The highest BCUT2D eigenvalue weighted by atomic mass is 32.1. The summed E-state index contributed by atoms with van der Waals surface area (Å²) in [5, 5.41) is 0. The van der Waals surface area contributed by atoms with Crippen LogP contribution >= 0.6 is 11.3 Å². The number of nitrogens with zero attached hydrogens (tertiary/aromatic N) is 2. The first-order valence-electron chi connectivity index (χ1n) is 9.79. The van der Waals surface area contributed by atoms with Crippen LogP contribution in [0.25, 0.3) is 0 Å². The standard InChI is InChI=1S/C22H24N2O4S/c1-16-6-7-19(29-16)15-24(14-18-4-2-12-27-18)21(25)17-8-10-23(11-9-17)22(26)20-5-3-13-28-20/h2-7,12-13,17H,8-11,14-15H2,1H3. The van der Waals surface area contributed by atoms with Gasteiger partial charge in [0.15, 0.2) is 5.76 Å². The third kappa shape index (κ3) is 4.62. The molecule has 4 rings (SSSR count). The zero-order valence-corrected chi connectivity index (χ0v) is 17.2. The second kappa shape index (κ2) is 8.69. The molecule has 3 aromatic rings. The van der Waals surface area contributed by atoms with Gasteiger partial charge in [0.05, 0.1) is 25.6 Å². The predicted molar refractivity (Wildman–Crippen MR) is 109 cm³/mol. The fourth-order valence-corrected chi connectivity index (χ4v) is 4.61. The third-order valence-corrected chi connectivity index (χ3v) is 6.23. The van der Waals surface area contributed by atoms with E-state index in [-0.39, 0.29) is 17.7 Å². The minimum absolute atomic E-state index is 0.0910. The number of likely N-dealkylation sites (tertiary alicyclic amines) is 1. The van der Waals surface area contributed by atoms with Crippen LogP contribution in [0.4, 0.5) is 0 Å². The number of hydrogen-bond donors (Lipinski definition) is 0. The van der Waals surface area contributed by atoms with Crippen LogP contribution in [-0.2, 0) is 17.9 Å². The molecule has 0 saturated carbocycles. The van der Waals surface area contributed by atoms with Crippen LogP contribution < -0.4 is 0 Å². The average molecular weight is 413 g/mol. The second-order valence-electron chi connectivity index (χ2n) is 7.33. The van der Waals surface area contributed by atoms with E-state index in [0.717, 1.165) is 10.6 Å². The molecule has 0 aliphatic carbocycles. The van der Waals surface area contributed by atoms with Crippen LogP contribution in [0.15, 0.2) is 57.8 Å². The molecule has 2 amide bonds. The number of furan rings is 2. The summed E-state index contributed by atoms with van der Waals surface area (Å²) in [4.78, 5) is 31.8. The van der Waals surface area contributed by atoms with E-state index in [1.54, 1.807) is 34.6 Å². The number of carbonyl (C=O) groups is 2. The maximum Gasteiger partial charge on any atom is 0.289 e. The van der Waals surface area contributed by atoms with Crippen molar-refractivity contribution in [1.29, 1.82) is 0 Å². The molecule has 1 fully saturated rings. The van der Waals surface area contributed by atoms with Gasteiger partial charge in [0.1, 0.15) is 5.76 Å². The Kier molecular flexibility index (Phi) is 5.85. The molecule has 7 heteroatoms. The largest absolute Gasteiger partial charge is 0.467 e. The molecule has 29 heavy (non-hydrogen) atoms. The van der Waals surface area contributed by atoms with Gasteiger partial charge in [0.25, 0.3) is 5.91 Å². The molecule has 0 unspecified atom stereocenters. The van der Waals surface area contributed by atoms with Gasteiger partial charge in [-0.25, -0.2) is 0 Å². The lowest BCUT2D eigenvalue weighted by atomic mass is 9.95. The third-order valence-electron chi connectivity index (χ3n) is 5.24. The second-order valence-corrected chi connectivity index (χ2v) is 8.70. The molecule has 152 valence electrons. The molecular weight excluding hydrogens is 388 g/mol. The molecule has 0 spiro atoms. The fraction of sp³-hybridized carbons (Fsp3) is 0.364. The molecular formula is C22H24N2O4S. The maximum absolute atomic E-state index is 13.3. The first kappa shape index (κ1) is 19.5. The molecule has 1 aliphatic rings. The van der Waals surface area contributed by atoms with Crippen LogP contribution in [0, 0.1) is 12.8 Å². The van der Waals surface area contributed by atoms with Gasteiger partial charge >= 0.3 is 0 Å². The van der Waals surface area contributed by atoms with Crippen molar-refractivity contribution in [2.24, 2.45) is 5.92 Å². The molecule has 6 nitrogen and oxygen atoms in total. The van der Waals surface area contributed by atoms with E-state index in [0.29, 0.717) is 44.8 Å². The van der Waals surface area contributed by atoms with Crippen molar-refractivity contribution in [2.45, 2.75) is 32.9 Å². The molecule has 0 atom stereocenters. The molecule has 0 radical (unpaired) electrons. The van der Waals surface area contributed by atoms with E-state index < -0.39 is 0 Å². The lowest BCUT2D eigenvalue weighted by molar-refractivity contribution is -0.138. The van der Waals surface area contributed by atoms with Gasteiger partial charge in [-0.3, -0.25) is 9.59 Å². The number of amides is 2. The van der Waals surface area contributed by atoms with Crippen molar-refractivity contribution in [2.75, 3.05) is 13.1 Å². The average Bonchev–Trinajstić information content (AvgIpc) is 3.50. The SMILES string of the molecule is Cc1ccc(CN(Cc2ccco2)C(=O)C2CCN(C(=O)c3ccco3)CC2)s1. The number of thiophene rings is 1. The number of aryl methyl sites for hydroxylation is 1. The minimum atomic E-state index is -0.109. The van der Waals surface area contributed by atoms with Gasteiger partial charge < -0.3 is 18.6 Å². The highest BCUT2D eigenvalue weighted by molar-refractivity contribution is 7.11. The zero-order valence-electron chi connectivity index (χ0n) is 16.4. The Labute approximate surface area is 173 Å². The summed E-state index contributed by atoms with van der Waals surface area (Å²) in [7, 11) is 0. The van der Waals surface area contributed by atoms with Crippen LogP contribution in [-0.4, -0.2) is 34.7 Å². The summed E-state index contributed by atoms with van der Waals surface area (Å²) in [5.41, 5.74) is 0. The first-order valence-corrected chi connectivity index (χ1v) is 10.6. The van der Waals surface area contributed by atoms with Crippen LogP contribution in [0.5, 0.6) is 0 Å². The van der Waals surface area contributed by atoms with Crippen molar-refractivity contribution < 1.29 is 18.4 Å². The quantitative estimate of drug-likeness (QED) is 0.605. The molecule has 0 aromatic carbocycles. The smallest absolute Gasteiger partial charge is 0.289 e. The van der Waals surface area contributed by atoms with E-state index in [4.69, 9.17) is 8.83 Å². The van der Waals surface area contributed by atoms with Crippen molar-refractivity contribution in [3.63, 3.8) is 0 Å². The van der Waals surface area contributed by atoms with Crippen LogP contribution in [0.3, 0.4) is 0 Å². The zero-order chi connectivity index (χ0) is 20.2. The number of piperidine rings is 1. The summed E-state index contributed by atoms with van der Waals surface area (Å²) >= 11 is 1.71. The van der Waals surface area contributed by atoms with E-state index in [9.17, 15) is 9.59 Å². The Hall–Kier alpha value is -2.80. The Morgan fingerprint density at radius 3 is 2.45 bits per heavy atom. The molecule has 0 N–H and O–H groups in total. The highest BCUT2D eigenvalue weighted by Crippen LogP contribution is 2.25. The Morgan fingerprint density at radius 1 is 1.07 bits per heavy atom. The summed E-state index contributed by atoms with van der Waals surface area (Å²) in [5.74, 6) is 1.05. The number of hydrogen-bond acceptors (Lipinski definition) is 5. The number of carbonyl (C=O) groups excluding carboxylic acids is 2. The summed E-state index contributed by atoms with van der Waals surface area (Å²) in [6, 6.07) is 11.3. The van der Waals surface area contributed by atoms with Gasteiger partial charge in [-0.05, 0) is 56.2 Å².